The molecule has 1 fully saturated rings. The van der Waals surface area contributed by atoms with E-state index >= 15 is 0 Å². The zero-order valence-electron chi connectivity index (χ0n) is 14.8. The van der Waals surface area contributed by atoms with Crippen molar-refractivity contribution in [2.75, 3.05) is 18.9 Å². The second kappa shape index (κ2) is 8.30. The topological polar surface area (TPSA) is 110 Å². The normalized spacial score (nSPS) is 25.0. The molecule has 7 nitrogen and oxygen atoms in total. The molecule has 5 N–H and O–H groups in total. The minimum Gasteiger partial charge on any atom is -0.396 e. The van der Waals surface area contributed by atoms with E-state index in [1.807, 2.05) is 13.0 Å². The Kier molecular flexibility index (Phi) is 6.05. The molecule has 0 unspecified atom stereocenters. The lowest BCUT2D eigenvalue weighted by Crippen LogP contribution is -2.61. The van der Waals surface area contributed by atoms with E-state index in [2.05, 4.69) is 15.6 Å². The maximum absolute atomic E-state index is 12.4. The number of anilines is 1. The van der Waals surface area contributed by atoms with Crippen molar-refractivity contribution in [2.45, 2.75) is 25.0 Å². The van der Waals surface area contributed by atoms with Gasteiger partial charge >= 0.3 is 0 Å². The van der Waals surface area contributed by atoms with Crippen molar-refractivity contribution < 1.29 is 14.6 Å². The van der Waals surface area contributed by atoms with E-state index in [9.17, 15) is 9.90 Å². The molecule has 144 valence electrons. The largest absolute Gasteiger partial charge is 0.396 e. The van der Waals surface area contributed by atoms with Gasteiger partial charge in [0, 0.05) is 23.5 Å². The van der Waals surface area contributed by atoms with Gasteiger partial charge in [-0.2, -0.15) is 0 Å². The number of hydrogen-bond acceptors (Lipinski definition) is 7. The van der Waals surface area contributed by atoms with Gasteiger partial charge in [-0.1, -0.05) is 18.2 Å². The van der Waals surface area contributed by atoms with Crippen LogP contribution in [0.1, 0.15) is 28.7 Å². The zero-order valence-corrected chi connectivity index (χ0v) is 16.5. The monoisotopic (exact) mass is 406 g/mol. The average molecular weight is 407 g/mol. The first-order valence-corrected chi connectivity index (χ1v) is 9.86. The third kappa shape index (κ3) is 4.27. The summed E-state index contributed by atoms with van der Waals surface area (Å²) in [6.07, 6.45) is 0.625. The molecule has 0 radical (unpaired) electrons. The molecule has 2 heterocycles. The Hall–Kier alpha value is -2.07. The van der Waals surface area contributed by atoms with Crippen molar-refractivity contribution in [2.24, 2.45) is 5.92 Å². The summed E-state index contributed by atoms with van der Waals surface area (Å²) in [4.78, 5) is 16.8. The molecule has 0 aliphatic carbocycles. The van der Waals surface area contributed by atoms with E-state index in [0.29, 0.717) is 22.8 Å². The Labute approximate surface area is 166 Å². The van der Waals surface area contributed by atoms with Gasteiger partial charge in [-0.3, -0.25) is 10.1 Å². The van der Waals surface area contributed by atoms with E-state index < -0.39 is 5.54 Å². The number of rotatable bonds is 4. The molecule has 1 aromatic heterocycles. The van der Waals surface area contributed by atoms with Crippen LogP contribution in [0, 0.1) is 5.92 Å². The summed E-state index contributed by atoms with van der Waals surface area (Å²) >= 11 is 6.76. The Bertz CT molecular complexity index is 814. The number of aromatic nitrogens is 1. The van der Waals surface area contributed by atoms with Gasteiger partial charge in [0.1, 0.15) is 16.4 Å². The number of hydrogen-bond donors (Lipinski definition) is 4. The predicted octanol–water partition coefficient (Wildman–Crippen LogP) is 1.64. The third-order valence-electron chi connectivity index (χ3n) is 4.63. The summed E-state index contributed by atoms with van der Waals surface area (Å²) in [5, 5.41) is 18.4. The highest BCUT2D eigenvalue weighted by Crippen LogP contribution is 2.39. The molecule has 1 aliphatic heterocycles. The molecule has 9 heteroatoms. The number of nitrogens with one attached hydrogen (secondary N) is 2. The summed E-state index contributed by atoms with van der Waals surface area (Å²) in [5.41, 5.74) is 5.46. The fourth-order valence-corrected chi connectivity index (χ4v) is 4.41. The molecule has 3 atom stereocenters. The first kappa shape index (κ1) is 19.7. The molecule has 1 saturated heterocycles. The lowest BCUT2D eigenvalue weighted by atomic mass is 9.79. The smallest absolute Gasteiger partial charge is 0.257 e. The fraction of sp³-hybridized carbons (Fsp3) is 0.389. The van der Waals surface area contributed by atoms with Crippen molar-refractivity contribution in [1.82, 2.24) is 15.6 Å². The van der Waals surface area contributed by atoms with Gasteiger partial charge in [0.15, 0.2) is 5.11 Å². The number of thiazole rings is 1. The number of ether oxygens (including phenoxy) is 1. The number of benzene rings is 1. The van der Waals surface area contributed by atoms with Crippen LogP contribution in [0.4, 0.5) is 5.82 Å². The second-order valence-corrected chi connectivity index (χ2v) is 7.83. The summed E-state index contributed by atoms with van der Waals surface area (Å²) in [5.74, 6) is -0.114. The highest BCUT2D eigenvalue weighted by molar-refractivity contribution is 7.80. The molecule has 0 saturated carbocycles. The highest BCUT2D eigenvalue weighted by atomic mass is 32.1. The second-order valence-electron chi connectivity index (χ2n) is 6.56. The Balaban J connectivity index is 1.83. The van der Waals surface area contributed by atoms with Gasteiger partial charge in [0.2, 0.25) is 0 Å². The van der Waals surface area contributed by atoms with Crippen LogP contribution in [0.5, 0.6) is 0 Å². The number of nitrogen functional groups attached to an aromatic ring is 1. The number of aliphatic hydroxyl groups excluding tert-OH is 1. The highest BCUT2D eigenvalue weighted by Gasteiger charge is 2.47. The van der Waals surface area contributed by atoms with Crippen molar-refractivity contribution in [1.29, 1.82) is 0 Å². The van der Waals surface area contributed by atoms with Crippen LogP contribution < -0.4 is 16.4 Å². The first-order chi connectivity index (χ1) is 12.9. The molecule has 1 amide bonds. The number of aliphatic hydroxyl groups is 1. The maximum atomic E-state index is 12.4. The van der Waals surface area contributed by atoms with Crippen molar-refractivity contribution >= 4 is 40.4 Å². The molecule has 1 aliphatic rings. The minimum atomic E-state index is -0.857. The van der Waals surface area contributed by atoms with Gasteiger partial charge < -0.3 is 20.9 Å². The molecular weight excluding hydrogens is 384 g/mol. The van der Waals surface area contributed by atoms with Crippen LogP contribution in [-0.4, -0.2) is 40.4 Å². The standard InChI is InChI=1S/C18H22N4O3S2/c1-11-7-13(8-23)18(10-25-11,16-20-14(19)9-27-16)22-17(26)21-15(24)12-5-3-2-4-6-12/h2-6,9,11,13,23H,7-8,10,19H2,1H3,(H2,21,22,24,26)/t11-,13-,18-/m0/s1. The van der Waals surface area contributed by atoms with E-state index in [4.69, 9.17) is 22.7 Å². The van der Waals surface area contributed by atoms with Crippen LogP contribution in [0.2, 0.25) is 0 Å². The first-order valence-electron chi connectivity index (χ1n) is 8.57. The van der Waals surface area contributed by atoms with Crippen LogP contribution in [0.3, 0.4) is 0 Å². The quantitative estimate of drug-likeness (QED) is 0.572. The molecular formula is C18H22N4O3S2. The van der Waals surface area contributed by atoms with Crippen LogP contribution in [-0.2, 0) is 10.3 Å². The van der Waals surface area contributed by atoms with E-state index in [1.54, 1.807) is 29.6 Å². The number of amides is 1. The van der Waals surface area contributed by atoms with Crippen LogP contribution in [0.25, 0.3) is 0 Å². The SMILES string of the molecule is C[C@H]1C[C@@H](CO)[C@](NC(=S)NC(=O)c2ccccc2)(c2nc(N)cs2)CO1. The minimum absolute atomic E-state index is 0.00173. The number of nitrogens with zero attached hydrogens (tertiary/aromatic N) is 1. The van der Waals surface area contributed by atoms with Gasteiger partial charge in [-0.05, 0) is 37.7 Å². The van der Waals surface area contributed by atoms with Gasteiger partial charge in [0.05, 0.1) is 12.7 Å². The van der Waals surface area contributed by atoms with Gasteiger partial charge in [-0.15, -0.1) is 11.3 Å². The van der Waals surface area contributed by atoms with E-state index in [1.165, 1.54) is 11.3 Å². The zero-order chi connectivity index (χ0) is 19.4. The molecule has 27 heavy (non-hydrogen) atoms. The summed E-state index contributed by atoms with van der Waals surface area (Å²) in [7, 11) is 0. The molecule has 3 rings (SSSR count). The summed E-state index contributed by atoms with van der Waals surface area (Å²) < 4.78 is 5.86. The predicted molar refractivity (Wildman–Crippen MR) is 108 cm³/mol. The Morgan fingerprint density at radius 1 is 1.48 bits per heavy atom. The maximum Gasteiger partial charge on any atom is 0.257 e. The average Bonchev–Trinajstić information content (AvgIpc) is 3.10. The van der Waals surface area contributed by atoms with Crippen molar-refractivity contribution in [3.05, 3.63) is 46.3 Å². The van der Waals surface area contributed by atoms with Crippen molar-refractivity contribution in [3.63, 3.8) is 0 Å². The fourth-order valence-electron chi connectivity index (χ4n) is 3.21. The summed E-state index contributed by atoms with van der Waals surface area (Å²) in [6.45, 7) is 2.14. The Morgan fingerprint density at radius 3 is 2.85 bits per heavy atom. The van der Waals surface area contributed by atoms with Crippen molar-refractivity contribution in [3.8, 4) is 0 Å². The number of nitrogens with two attached hydrogens (primary N) is 1. The van der Waals surface area contributed by atoms with Crippen LogP contribution >= 0.6 is 23.6 Å². The lowest BCUT2D eigenvalue weighted by molar-refractivity contribution is -0.0748. The lowest BCUT2D eigenvalue weighted by Gasteiger charge is -2.44. The number of thiocarbonyl (C=S) groups is 1. The summed E-state index contributed by atoms with van der Waals surface area (Å²) in [6, 6.07) is 8.81. The van der Waals surface area contributed by atoms with E-state index in [0.717, 1.165) is 0 Å². The molecule has 1 aromatic carbocycles. The van der Waals surface area contributed by atoms with Gasteiger partial charge in [0.25, 0.3) is 5.91 Å². The molecule has 2 aromatic rings. The Morgan fingerprint density at radius 2 is 2.22 bits per heavy atom. The number of carbonyl (C=O) groups excluding carboxylic acids is 1. The molecule has 0 bridgehead atoms. The van der Waals surface area contributed by atoms with Crippen LogP contribution in [0.15, 0.2) is 35.7 Å². The number of carbonyl (C=O) groups is 1. The van der Waals surface area contributed by atoms with E-state index in [-0.39, 0.29) is 36.3 Å². The van der Waals surface area contributed by atoms with Gasteiger partial charge in [-0.25, -0.2) is 4.98 Å². The third-order valence-corrected chi connectivity index (χ3v) is 5.87. The molecule has 0 spiro atoms.